The Morgan fingerprint density at radius 2 is 1.40 bits per heavy atom. The zero-order chi connectivity index (χ0) is 10.5. The molecule has 15 heavy (non-hydrogen) atoms. The molecule has 2 unspecified atom stereocenters. The van der Waals surface area contributed by atoms with E-state index in [1.165, 1.54) is 64.2 Å². The van der Waals surface area contributed by atoms with Crippen molar-refractivity contribution < 1.29 is 0 Å². The van der Waals surface area contributed by atoms with Crippen LogP contribution in [0.3, 0.4) is 0 Å². The monoisotopic (exact) mass is 209 g/mol. The molecule has 2 saturated carbocycles. The number of rotatable bonds is 4. The summed E-state index contributed by atoms with van der Waals surface area (Å²) in [6.45, 7) is 0.909. The van der Waals surface area contributed by atoms with Crippen molar-refractivity contribution in [3.63, 3.8) is 0 Å². The summed E-state index contributed by atoms with van der Waals surface area (Å²) in [6.07, 6.45) is 14.8. The normalized spacial score (nSPS) is 33.4. The van der Waals surface area contributed by atoms with Crippen LogP contribution >= 0.6 is 0 Å². The maximum absolute atomic E-state index is 5.73. The van der Waals surface area contributed by atoms with Crippen LogP contribution < -0.4 is 5.73 Å². The van der Waals surface area contributed by atoms with Gasteiger partial charge in [0.1, 0.15) is 0 Å². The fourth-order valence-corrected chi connectivity index (χ4v) is 3.86. The molecule has 0 aliphatic heterocycles. The predicted octanol–water partition coefficient (Wildman–Crippen LogP) is 3.72. The summed E-state index contributed by atoms with van der Waals surface area (Å²) in [6, 6.07) is 0. The quantitative estimate of drug-likeness (QED) is 0.750. The molecule has 2 rings (SSSR count). The molecule has 2 aliphatic carbocycles. The fraction of sp³-hybridized carbons (Fsp3) is 1.00. The van der Waals surface area contributed by atoms with E-state index in [4.69, 9.17) is 5.73 Å². The maximum Gasteiger partial charge on any atom is -0.00745 e. The van der Waals surface area contributed by atoms with Gasteiger partial charge in [-0.3, -0.25) is 0 Å². The van der Waals surface area contributed by atoms with E-state index in [9.17, 15) is 0 Å². The largest absolute Gasteiger partial charge is 0.330 e. The summed E-state index contributed by atoms with van der Waals surface area (Å²) in [4.78, 5) is 0. The van der Waals surface area contributed by atoms with Crippen molar-refractivity contribution in [2.75, 3.05) is 6.54 Å². The molecule has 1 nitrogen and oxygen atoms in total. The molecule has 0 amide bonds. The van der Waals surface area contributed by atoms with Crippen LogP contribution in [0.1, 0.15) is 64.2 Å². The molecule has 0 aromatic rings. The minimum atomic E-state index is 0.909. The molecule has 88 valence electrons. The molecule has 0 spiro atoms. The number of hydrogen-bond donors (Lipinski definition) is 1. The van der Waals surface area contributed by atoms with Gasteiger partial charge in [-0.15, -0.1) is 0 Å². The average molecular weight is 209 g/mol. The molecule has 2 fully saturated rings. The van der Waals surface area contributed by atoms with Crippen LogP contribution in [0.4, 0.5) is 0 Å². The van der Waals surface area contributed by atoms with E-state index in [0.717, 1.165) is 24.3 Å². The molecule has 0 heterocycles. The Morgan fingerprint density at radius 3 is 2.07 bits per heavy atom. The molecular weight excluding hydrogens is 182 g/mol. The Kier molecular flexibility index (Phi) is 4.49. The first-order valence-corrected chi connectivity index (χ1v) is 7.10. The molecule has 0 bridgehead atoms. The third-order valence-corrected chi connectivity index (χ3v) is 4.71. The highest BCUT2D eigenvalue weighted by Gasteiger charge is 2.27. The topological polar surface area (TPSA) is 26.0 Å². The molecule has 0 saturated heterocycles. The van der Waals surface area contributed by atoms with Crippen molar-refractivity contribution in [2.24, 2.45) is 23.5 Å². The highest BCUT2D eigenvalue weighted by molar-refractivity contribution is 4.79. The number of nitrogens with two attached hydrogens (primary N) is 1. The van der Waals surface area contributed by atoms with E-state index in [1.807, 2.05) is 0 Å². The van der Waals surface area contributed by atoms with Gasteiger partial charge in [0.05, 0.1) is 0 Å². The minimum Gasteiger partial charge on any atom is -0.330 e. The SMILES string of the molecule is NCCC1CCCCC1CC1CCCC1. The van der Waals surface area contributed by atoms with E-state index in [2.05, 4.69) is 0 Å². The summed E-state index contributed by atoms with van der Waals surface area (Å²) in [5, 5.41) is 0. The number of hydrogen-bond acceptors (Lipinski definition) is 1. The minimum absolute atomic E-state index is 0.909. The molecule has 0 aromatic heterocycles. The van der Waals surface area contributed by atoms with Crippen LogP contribution in [0, 0.1) is 17.8 Å². The fourth-order valence-electron chi connectivity index (χ4n) is 3.86. The van der Waals surface area contributed by atoms with Crippen LogP contribution in [0.15, 0.2) is 0 Å². The van der Waals surface area contributed by atoms with E-state index in [-0.39, 0.29) is 0 Å². The third kappa shape index (κ3) is 3.21. The molecule has 2 aliphatic rings. The van der Waals surface area contributed by atoms with Crippen LogP contribution in [-0.2, 0) is 0 Å². The smallest absolute Gasteiger partial charge is 0.00745 e. The second-order valence-corrected chi connectivity index (χ2v) is 5.77. The van der Waals surface area contributed by atoms with E-state index >= 15 is 0 Å². The van der Waals surface area contributed by atoms with Crippen molar-refractivity contribution in [3.8, 4) is 0 Å². The lowest BCUT2D eigenvalue weighted by Crippen LogP contribution is -2.24. The van der Waals surface area contributed by atoms with Crippen LogP contribution in [-0.4, -0.2) is 6.54 Å². The molecule has 2 N–H and O–H groups in total. The first-order chi connectivity index (χ1) is 7.40. The maximum atomic E-state index is 5.73. The first kappa shape index (κ1) is 11.4. The Bertz CT molecular complexity index is 170. The van der Waals surface area contributed by atoms with Gasteiger partial charge in [-0.2, -0.15) is 0 Å². The summed E-state index contributed by atoms with van der Waals surface area (Å²) in [5.74, 6) is 3.09. The Morgan fingerprint density at radius 1 is 0.800 bits per heavy atom. The van der Waals surface area contributed by atoms with Gasteiger partial charge in [0.15, 0.2) is 0 Å². The third-order valence-electron chi connectivity index (χ3n) is 4.71. The van der Waals surface area contributed by atoms with Gasteiger partial charge in [0, 0.05) is 0 Å². The molecule has 0 radical (unpaired) electrons. The summed E-state index contributed by atoms with van der Waals surface area (Å²) >= 11 is 0. The Hall–Kier alpha value is -0.0400. The molecular formula is C14H27N. The van der Waals surface area contributed by atoms with Gasteiger partial charge in [-0.25, -0.2) is 0 Å². The van der Waals surface area contributed by atoms with Crippen molar-refractivity contribution in [1.29, 1.82) is 0 Å². The molecule has 2 atom stereocenters. The lowest BCUT2D eigenvalue weighted by molar-refractivity contribution is 0.188. The Balaban J connectivity index is 1.80. The molecule has 1 heteroatoms. The van der Waals surface area contributed by atoms with Gasteiger partial charge in [-0.1, -0.05) is 51.4 Å². The first-order valence-electron chi connectivity index (χ1n) is 7.10. The lowest BCUT2D eigenvalue weighted by atomic mass is 9.73. The standard InChI is InChI=1S/C14H27N/c15-10-9-13-7-3-4-8-14(13)11-12-5-1-2-6-12/h12-14H,1-11,15H2. The van der Waals surface area contributed by atoms with Gasteiger partial charge in [0.25, 0.3) is 0 Å². The van der Waals surface area contributed by atoms with Gasteiger partial charge < -0.3 is 5.73 Å². The zero-order valence-electron chi connectivity index (χ0n) is 10.1. The average Bonchev–Trinajstić information content (AvgIpc) is 2.74. The van der Waals surface area contributed by atoms with Crippen LogP contribution in [0.2, 0.25) is 0 Å². The van der Waals surface area contributed by atoms with Crippen molar-refractivity contribution in [1.82, 2.24) is 0 Å². The van der Waals surface area contributed by atoms with E-state index in [1.54, 1.807) is 0 Å². The second kappa shape index (κ2) is 5.89. The van der Waals surface area contributed by atoms with E-state index < -0.39 is 0 Å². The highest BCUT2D eigenvalue weighted by atomic mass is 14.5. The molecule has 0 aromatic carbocycles. The van der Waals surface area contributed by atoms with Crippen LogP contribution in [0.5, 0.6) is 0 Å². The van der Waals surface area contributed by atoms with E-state index in [0.29, 0.717) is 0 Å². The van der Waals surface area contributed by atoms with Crippen molar-refractivity contribution in [2.45, 2.75) is 64.2 Å². The summed E-state index contributed by atoms with van der Waals surface area (Å²) in [5.41, 5.74) is 5.73. The zero-order valence-corrected chi connectivity index (χ0v) is 10.1. The van der Waals surface area contributed by atoms with Gasteiger partial charge in [0.2, 0.25) is 0 Å². The van der Waals surface area contributed by atoms with Gasteiger partial charge >= 0.3 is 0 Å². The van der Waals surface area contributed by atoms with Gasteiger partial charge in [-0.05, 0) is 37.1 Å². The van der Waals surface area contributed by atoms with Crippen molar-refractivity contribution >= 4 is 0 Å². The summed E-state index contributed by atoms with van der Waals surface area (Å²) < 4.78 is 0. The lowest BCUT2D eigenvalue weighted by Gasteiger charge is -2.33. The van der Waals surface area contributed by atoms with Crippen LogP contribution in [0.25, 0.3) is 0 Å². The highest BCUT2D eigenvalue weighted by Crippen LogP contribution is 2.40. The summed E-state index contributed by atoms with van der Waals surface area (Å²) in [7, 11) is 0. The second-order valence-electron chi connectivity index (χ2n) is 5.77. The Labute approximate surface area is 94.8 Å². The predicted molar refractivity (Wildman–Crippen MR) is 65.7 cm³/mol. The van der Waals surface area contributed by atoms with Crippen molar-refractivity contribution in [3.05, 3.63) is 0 Å².